The molecule has 0 spiro atoms. The van der Waals surface area contributed by atoms with Gasteiger partial charge in [0.2, 0.25) is 6.29 Å². The number of benzene rings is 1. The molecular formula is C20H24N4O2S. The number of imidazole rings is 1. The summed E-state index contributed by atoms with van der Waals surface area (Å²) in [7, 11) is 1.95. The summed E-state index contributed by atoms with van der Waals surface area (Å²) in [6.07, 6.45) is 3.05. The number of nitrogens with zero attached hydrogens (tertiary/aromatic N) is 4. The summed E-state index contributed by atoms with van der Waals surface area (Å²) in [5.41, 5.74) is 3.68. The summed E-state index contributed by atoms with van der Waals surface area (Å²) in [6.45, 7) is 4.98. The summed E-state index contributed by atoms with van der Waals surface area (Å²) >= 11 is 1.60. The lowest BCUT2D eigenvalue weighted by Gasteiger charge is -2.17. The number of aryl methyl sites for hydroxylation is 1. The Morgan fingerprint density at radius 3 is 2.44 bits per heavy atom. The number of rotatable bonds is 9. The van der Waals surface area contributed by atoms with E-state index in [1.807, 2.05) is 49.7 Å². The minimum Gasteiger partial charge on any atom is -0.347 e. The average molecular weight is 385 g/mol. The van der Waals surface area contributed by atoms with Crippen LogP contribution in [-0.4, -0.2) is 32.7 Å². The molecule has 6 nitrogen and oxygen atoms in total. The van der Waals surface area contributed by atoms with E-state index < -0.39 is 6.29 Å². The second-order valence-corrected chi connectivity index (χ2v) is 6.81. The fourth-order valence-corrected chi connectivity index (χ4v) is 3.43. The molecule has 0 aliphatic rings. The summed E-state index contributed by atoms with van der Waals surface area (Å²) in [6, 6.07) is 12.2. The summed E-state index contributed by atoms with van der Waals surface area (Å²) in [5.74, 6) is 0.795. The van der Waals surface area contributed by atoms with E-state index in [1.165, 1.54) is 5.56 Å². The summed E-state index contributed by atoms with van der Waals surface area (Å²) in [5, 5.41) is 0.692. The molecule has 27 heavy (non-hydrogen) atoms. The van der Waals surface area contributed by atoms with Gasteiger partial charge in [-0.25, -0.2) is 15.0 Å². The normalized spacial score (nSPS) is 11.3. The van der Waals surface area contributed by atoms with Gasteiger partial charge in [0.25, 0.3) is 0 Å². The third-order valence-corrected chi connectivity index (χ3v) is 4.81. The van der Waals surface area contributed by atoms with Crippen LogP contribution in [-0.2, 0) is 22.3 Å². The van der Waals surface area contributed by atoms with Gasteiger partial charge in [-0.2, -0.15) is 0 Å². The Kier molecular flexibility index (Phi) is 6.98. The van der Waals surface area contributed by atoms with E-state index in [0.717, 1.165) is 22.8 Å². The Morgan fingerprint density at radius 2 is 1.81 bits per heavy atom. The maximum atomic E-state index is 5.74. The maximum absolute atomic E-state index is 5.74. The van der Waals surface area contributed by atoms with Crippen LogP contribution in [0.5, 0.6) is 0 Å². The van der Waals surface area contributed by atoms with Crippen LogP contribution in [0.4, 0.5) is 0 Å². The lowest BCUT2D eigenvalue weighted by molar-refractivity contribution is -0.143. The van der Waals surface area contributed by atoms with Crippen LogP contribution in [0.1, 0.15) is 31.4 Å². The average Bonchev–Trinajstić information content (AvgIpc) is 3.13. The molecule has 0 aliphatic heterocycles. The zero-order valence-corrected chi connectivity index (χ0v) is 16.6. The highest BCUT2D eigenvalue weighted by atomic mass is 32.2. The molecule has 1 aromatic carbocycles. The zero-order valence-electron chi connectivity index (χ0n) is 15.8. The third kappa shape index (κ3) is 5.15. The molecular weight excluding hydrogens is 360 g/mol. The van der Waals surface area contributed by atoms with Crippen molar-refractivity contribution in [1.82, 2.24) is 19.5 Å². The summed E-state index contributed by atoms with van der Waals surface area (Å²) in [4.78, 5) is 13.6. The Labute approximate surface area is 164 Å². The molecule has 0 fully saturated rings. The fourth-order valence-electron chi connectivity index (χ4n) is 2.61. The minimum atomic E-state index is -0.508. The first-order valence-electron chi connectivity index (χ1n) is 8.96. The van der Waals surface area contributed by atoms with Crippen molar-refractivity contribution in [3.05, 3.63) is 60.2 Å². The van der Waals surface area contributed by atoms with Gasteiger partial charge in [-0.1, -0.05) is 42.1 Å². The first-order valence-corrected chi connectivity index (χ1v) is 9.95. The molecule has 2 heterocycles. The predicted octanol–water partition coefficient (Wildman–Crippen LogP) is 4.24. The van der Waals surface area contributed by atoms with Gasteiger partial charge < -0.3 is 14.0 Å². The number of hydrogen-bond acceptors (Lipinski definition) is 6. The van der Waals surface area contributed by atoms with E-state index in [9.17, 15) is 0 Å². The van der Waals surface area contributed by atoms with E-state index in [-0.39, 0.29) is 0 Å². The lowest BCUT2D eigenvalue weighted by atomic mass is 10.2. The number of hydrogen-bond donors (Lipinski definition) is 0. The van der Waals surface area contributed by atoms with Gasteiger partial charge in [0.1, 0.15) is 5.69 Å². The Bertz CT molecular complexity index is 848. The van der Waals surface area contributed by atoms with Crippen LogP contribution in [0.15, 0.2) is 54.1 Å². The van der Waals surface area contributed by atoms with Crippen molar-refractivity contribution in [3.63, 3.8) is 0 Å². The first-order chi connectivity index (χ1) is 13.2. The van der Waals surface area contributed by atoms with Crippen molar-refractivity contribution in [3.8, 4) is 11.4 Å². The van der Waals surface area contributed by atoms with Crippen LogP contribution in [0, 0.1) is 0 Å². The molecule has 0 bridgehead atoms. The Morgan fingerprint density at radius 1 is 1.07 bits per heavy atom. The second-order valence-electron chi connectivity index (χ2n) is 5.87. The van der Waals surface area contributed by atoms with E-state index >= 15 is 0 Å². The number of aromatic nitrogens is 4. The zero-order chi connectivity index (χ0) is 19.1. The van der Waals surface area contributed by atoms with Gasteiger partial charge in [-0.3, -0.25) is 0 Å². The van der Waals surface area contributed by atoms with Crippen LogP contribution in [0.2, 0.25) is 0 Å². The highest BCUT2D eigenvalue weighted by Crippen LogP contribution is 2.27. The van der Waals surface area contributed by atoms with Crippen molar-refractivity contribution in [1.29, 1.82) is 0 Å². The highest BCUT2D eigenvalue weighted by Gasteiger charge is 2.18. The Hall–Kier alpha value is -2.22. The first kappa shape index (κ1) is 19.5. The van der Waals surface area contributed by atoms with Crippen molar-refractivity contribution in [2.45, 2.75) is 31.0 Å². The molecule has 0 atom stereocenters. The molecule has 0 unspecified atom stereocenters. The standard InChI is InChI=1S/C20H24N4O2S/c1-4-25-19(26-5-2)17-11-16(18-12-21-14-24(18)3)22-20(23-17)27-13-15-9-7-6-8-10-15/h6-12,14,19H,4-5,13H2,1-3H3. The maximum Gasteiger partial charge on any atom is 0.201 e. The van der Waals surface area contributed by atoms with E-state index in [0.29, 0.717) is 18.4 Å². The lowest BCUT2D eigenvalue weighted by Crippen LogP contribution is -2.12. The smallest absolute Gasteiger partial charge is 0.201 e. The van der Waals surface area contributed by atoms with E-state index in [1.54, 1.807) is 24.3 Å². The second kappa shape index (κ2) is 9.64. The van der Waals surface area contributed by atoms with Gasteiger partial charge in [-0.05, 0) is 25.5 Å². The van der Waals surface area contributed by atoms with Gasteiger partial charge in [0.05, 0.1) is 23.9 Å². The monoisotopic (exact) mass is 384 g/mol. The fraction of sp³-hybridized carbons (Fsp3) is 0.350. The molecule has 0 saturated heterocycles. The van der Waals surface area contributed by atoms with Crippen molar-refractivity contribution in [2.75, 3.05) is 13.2 Å². The minimum absolute atomic E-state index is 0.508. The van der Waals surface area contributed by atoms with Crippen LogP contribution in [0.25, 0.3) is 11.4 Å². The van der Waals surface area contributed by atoms with E-state index in [4.69, 9.17) is 19.4 Å². The molecule has 3 aromatic rings. The Balaban J connectivity index is 1.93. The molecule has 0 amide bonds. The van der Waals surface area contributed by atoms with Crippen molar-refractivity contribution < 1.29 is 9.47 Å². The van der Waals surface area contributed by atoms with Crippen LogP contribution < -0.4 is 0 Å². The molecule has 142 valence electrons. The molecule has 2 aromatic heterocycles. The highest BCUT2D eigenvalue weighted by molar-refractivity contribution is 7.98. The topological polar surface area (TPSA) is 62.1 Å². The van der Waals surface area contributed by atoms with E-state index in [2.05, 4.69) is 17.1 Å². The van der Waals surface area contributed by atoms with Gasteiger partial charge >= 0.3 is 0 Å². The molecule has 0 aliphatic carbocycles. The summed E-state index contributed by atoms with van der Waals surface area (Å²) < 4.78 is 13.4. The molecule has 7 heteroatoms. The van der Waals surface area contributed by atoms with Gasteiger partial charge in [-0.15, -0.1) is 0 Å². The molecule has 3 rings (SSSR count). The van der Waals surface area contributed by atoms with Gasteiger partial charge in [0.15, 0.2) is 5.16 Å². The quantitative estimate of drug-likeness (QED) is 0.312. The third-order valence-electron chi connectivity index (χ3n) is 3.89. The SMILES string of the molecule is CCOC(OCC)c1cc(-c2cncn2C)nc(SCc2ccccc2)n1. The largest absolute Gasteiger partial charge is 0.347 e. The van der Waals surface area contributed by atoms with Crippen molar-refractivity contribution >= 4 is 11.8 Å². The molecule has 0 radical (unpaired) electrons. The number of ether oxygens (including phenoxy) is 2. The number of thioether (sulfide) groups is 1. The van der Waals surface area contributed by atoms with Crippen LogP contribution in [0.3, 0.4) is 0 Å². The van der Waals surface area contributed by atoms with Crippen molar-refractivity contribution in [2.24, 2.45) is 7.05 Å². The molecule has 0 saturated carbocycles. The predicted molar refractivity (Wildman–Crippen MR) is 106 cm³/mol. The van der Waals surface area contributed by atoms with Crippen LogP contribution >= 0.6 is 11.8 Å². The molecule has 0 N–H and O–H groups in total. The van der Waals surface area contributed by atoms with Gasteiger partial charge in [0, 0.05) is 26.0 Å².